The van der Waals surface area contributed by atoms with Gasteiger partial charge in [-0.3, -0.25) is 19.2 Å². The van der Waals surface area contributed by atoms with Crippen molar-refractivity contribution in [3.63, 3.8) is 0 Å². The number of aromatic nitrogens is 2. The molecular formula is C29H33N3O10S. The molecule has 1 aliphatic heterocycles. The van der Waals surface area contributed by atoms with Crippen LogP contribution < -0.4 is 18.9 Å². The molecule has 2 unspecified atom stereocenters. The van der Waals surface area contributed by atoms with Crippen molar-refractivity contribution >= 4 is 45.2 Å². The van der Waals surface area contributed by atoms with Gasteiger partial charge in [-0.05, 0) is 17.7 Å². The molecule has 3 aromatic rings. The molecule has 14 heteroatoms. The van der Waals surface area contributed by atoms with Crippen LogP contribution in [0.5, 0.6) is 23.3 Å². The molecule has 0 spiro atoms. The number of nitrogens with zero attached hydrogens (tertiary/aromatic N) is 3. The van der Waals surface area contributed by atoms with Crippen molar-refractivity contribution in [1.82, 2.24) is 14.9 Å². The SMILES string of the molecule is COc1cc2c(nc1OCCCOc1nc3cc(C(=O)CC(C)C(=O)O)sc3cc1OC)CN(C(=O)CC(C)C(=O)O)C2. The lowest BCUT2D eigenvalue weighted by atomic mass is 10.0. The summed E-state index contributed by atoms with van der Waals surface area (Å²) in [6, 6.07) is 5.12. The lowest BCUT2D eigenvalue weighted by Gasteiger charge is -2.16. The normalized spacial score (nSPS) is 13.7. The fourth-order valence-electron chi connectivity index (χ4n) is 4.35. The zero-order chi connectivity index (χ0) is 31.3. The molecule has 0 bridgehead atoms. The van der Waals surface area contributed by atoms with Crippen LogP contribution in [0.3, 0.4) is 0 Å². The number of thiophene rings is 1. The van der Waals surface area contributed by atoms with Crippen molar-refractivity contribution < 1.29 is 48.3 Å². The second-order valence-corrected chi connectivity index (χ2v) is 11.3. The number of Topliss-reactive ketones (excluding diaryl/α,β-unsaturated/α-hetero) is 1. The Labute approximate surface area is 251 Å². The molecule has 3 aromatic heterocycles. The number of hydrogen-bond acceptors (Lipinski definition) is 11. The Morgan fingerprint density at radius 3 is 2.12 bits per heavy atom. The highest BCUT2D eigenvalue weighted by Crippen LogP contribution is 2.35. The van der Waals surface area contributed by atoms with Crippen molar-refractivity contribution in [2.75, 3.05) is 27.4 Å². The number of pyridine rings is 2. The van der Waals surface area contributed by atoms with E-state index >= 15 is 0 Å². The number of carbonyl (C=O) groups is 4. The molecule has 13 nitrogen and oxygen atoms in total. The van der Waals surface area contributed by atoms with E-state index in [9.17, 15) is 19.2 Å². The van der Waals surface area contributed by atoms with Crippen LogP contribution in [0.15, 0.2) is 18.2 Å². The number of rotatable bonds is 15. The van der Waals surface area contributed by atoms with Gasteiger partial charge in [0.25, 0.3) is 11.8 Å². The van der Waals surface area contributed by atoms with Crippen LogP contribution in [0, 0.1) is 11.8 Å². The van der Waals surface area contributed by atoms with Crippen LogP contribution in [0.1, 0.15) is 54.0 Å². The first-order valence-corrected chi connectivity index (χ1v) is 14.4. The third-order valence-corrected chi connectivity index (χ3v) is 8.02. The molecule has 4 rings (SSSR count). The van der Waals surface area contributed by atoms with Gasteiger partial charge in [0, 0.05) is 31.9 Å². The van der Waals surface area contributed by atoms with E-state index in [1.54, 1.807) is 23.1 Å². The molecule has 0 fully saturated rings. The number of ether oxygens (including phenoxy) is 4. The van der Waals surface area contributed by atoms with E-state index in [0.29, 0.717) is 45.3 Å². The fraction of sp³-hybridized carbons (Fsp3) is 0.448. The second-order valence-electron chi connectivity index (χ2n) is 10.2. The van der Waals surface area contributed by atoms with Gasteiger partial charge in [0.1, 0.15) is 0 Å². The number of aliphatic carboxylic acids is 2. The number of amides is 1. The first kappa shape index (κ1) is 31.5. The second kappa shape index (κ2) is 13.7. The summed E-state index contributed by atoms with van der Waals surface area (Å²) in [4.78, 5) is 58.3. The molecule has 4 heterocycles. The van der Waals surface area contributed by atoms with Gasteiger partial charge in [0.05, 0.1) is 66.6 Å². The Kier molecular flexibility index (Phi) is 10.0. The van der Waals surface area contributed by atoms with Gasteiger partial charge in [-0.15, -0.1) is 11.3 Å². The van der Waals surface area contributed by atoms with E-state index in [1.165, 1.54) is 39.4 Å². The van der Waals surface area contributed by atoms with E-state index in [1.807, 2.05) is 0 Å². The lowest BCUT2D eigenvalue weighted by Crippen LogP contribution is -2.28. The highest BCUT2D eigenvalue weighted by molar-refractivity contribution is 7.20. The van der Waals surface area contributed by atoms with E-state index in [0.717, 1.165) is 5.56 Å². The summed E-state index contributed by atoms with van der Waals surface area (Å²) in [7, 11) is 2.98. The molecular weight excluding hydrogens is 582 g/mol. The molecule has 1 amide bonds. The topological polar surface area (TPSA) is 175 Å². The number of carbonyl (C=O) groups excluding carboxylic acids is 2. The van der Waals surface area contributed by atoms with Crippen LogP contribution in [-0.4, -0.2) is 76.1 Å². The number of fused-ring (bicyclic) bond motifs is 2. The summed E-state index contributed by atoms with van der Waals surface area (Å²) < 4.78 is 23.3. The van der Waals surface area contributed by atoms with Crippen molar-refractivity contribution in [3.8, 4) is 23.3 Å². The zero-order valence-electron chi connectivity index (χ0n) is 24.2. The minimum Gasteiger partial charge on any atom is -0.491 e. The number of methoxy groups -OCH3 is 2. The summed E-state index contributed by atoms with van der Waals surface area (Å²) in [5.41, 5.74) is 2.02. The van der Waals surface area contributed by atoms with E-state index in [2.05, 4.69) is 9.97 Å². The Hall–Kier alpha value is -4.46. The molecule has 0 aromatic carbocycles. The summed E-state index contributed by atoms with van der Waals surface area (Å²) in [6.45, 7) is 4.04. The fourth-order valence-corrected chi connectivity index (χ4v) is 5.33. The number of carboxylic acid groups (broad SMARTS) is 2. The third kappa shape index (κ3) is 7.49. The summed E-state index contributed by atoms with van der Waals surface area (Å²) in [5.74, 6) is -2.78. The molecule has 1 aliphatic rings. The Balaban J connectivity index is 1.34. The van der Waals surface area contributed by atoms with Gasteiger partial charge in [-0.25, -0.2) is 9.97 Å². The standard InChI is InChI=1S/C29H33N3O10S/c1-15(28(35)36)8-20(33)24-11-18-23(43-24)12-22(40-4)27(30-18)42-7-5-6-41-26-21(39-3)10-17-13-32(14-19(17)31-26)25(34)9-16(2)29(37)38/h10-12,15-16H,5-9,13-14H2,1-4H3,(H,35,36)(H,37,38). The minimum absolute atomic E-state index is 0.0891. The Bertz CT molecular complexity index is 1540. The van der Waals surface area contributed by atoms with Gasteiger partial charge < -0.3 is 34.1 Å². The number of carboxylic acids is 2. The smallest absolute Gasteiger partial charge is 0.306 e. The number of hydrogen-bond donors (Lipinski definition) is 2. The van der Waals surface area contributed by atoms with Gasteiger partial charge >= 0.3 is 11.9 Å². The van der Waals surface area contributed by atoms with Crippen molar-refractivity contribution in [2.24, 2.45) is 11.8 Å². The first-order chi connectivity index (χ1) is 20.5. The average molecular weight is 616 g/mol. The molecule has 0 saturated heterocycles. The molecule has 0 aliphatic carbocycles. The lowest BCUT2D eigenvalue weighted by molar-refractivity contribution is -0.145. The molecule has 230 valence electrons. The van der Waals surface area contributed by atoms with Crippen LogP contribution in [0.2, 0.25) is 0 Å². The summed E-state index contributed by atoms with van der Waals surface area (Å²) >= 11 is 1.22. The maximum Gasteiger partial charge on any atom is 0.306 e. The highest BCUT2D eigenvalue weighted by Gasteiger charge is 2.29. The maximum absolute atomic E-state index is 12.5. The van der Waals surface area contributed by atoms with Crippen LogP contribution in [0.25, 0.3) is 10.2 Å². The predicted octanol–water partition coefficient (Wildman–Crippen LogP) is 3.80. The summed E-state index contributed by atoms with van der Waals surface area (Å²) in [5, 5.41) is 18.2. The molecule has 0 radical (unpaired) electrons. The highest BCUT2D eigenvalue weighted by atomic mass is 32.1. The van der Waals surface area contributed by atoms with Crippen molar-refractivity contribution in [3.05, 3.63) is 34.3 Å². The Morgan fingerprint density at radius 1 is 0.884 bits per heavy atom. The zero-order valence-corrected chi connectivity index (χ0v) is 25.1. The Morgan fingerprint density at radius 2 is 1.49 bits per heavy atom. The van der Waals surface area contributed by atoms with Gasteiger partial charge in [0.15, 0.2) is 17.3 Å². The summed E-state index contributed by atoms with van der Waals surface area (Å²) in [6.07, 6.45) is 0.270. The first-order valence-electron chi connectivity index (χ1n) is 13.6. The van der Waals surface area contributed by atoms with Gasteiger partial charge in [0.2, 0.25) is 5.91 Å². The van der Waals surface area contributed by atoms with Gasteiger partial charge in [-0.1, -0.05) is 13.8 Å². The monoisotopic (exact) mass is 615 g/mol. The molecule has 0 saturated carbocycles. The minimum atomic E-state index is -1.03. The quantitative estimate of drug-likeness (QED) is 0.187. The van der Waals surface area contributed by atoms with Gasteiger partial charge in [-0.2, -0.15) is 0 Å². The average Bonchev–Trinajstić information content (AvgIpc) is 3.59. The van der Waals surface area contributed by atoms with Crippen LogP contribution >= 0.6 is 11.3 Å². The third-order valence-electron chi connectivity index (χ3n) is 6.91. The molecule has 2 N–H and O–H groups in total. The maximum atomic E-state index is 12.5. The van der Waals surface area contributed by atoms with E-state index < -0.39 is 23.8 Å². The van der Waals surface area contributed by atoms with Crippen molar-refractivity contribution in [2.45, 2.75) is 46.2 Å². The molecule has 2 atom stereocenters. The van der Waals surface area contributed by atoms with E-state index in [4.69, 9.17) is 29.2 Å². The van der Waals surface area contributed by atoms with Crippen LogP contribution in [0.4, 0.5) is 0 Å². The van der Waals surface area contributed by atoms with Crippen LogP contribution in [-0.2, 0) is 27.5 Å². The predicted molar refractivity (Wildman–Crippen MR) is 154 cm³/mol. The van der Waals surface area contributed by atoms with E-state index in [-0.39, 0.29) is 56.1 Å². The number of ketones is 1. The van der Waals surface area contributed by atoms with Crippen molar-refractivity contribution in [1.29, 1.82) is 0 Å². The molecule has 43 heavy (non-hydrogen) atoms. The largest absolute Gasteiger partial charge is 0.491 e.